The van der Waals surface area contributed by atoms with Gasteiger partial charge >= 0.3 is 0 Å². The van der Waals surface area contributed by atoms with Crippen LogP contribution in [0.1, 0.15) is 19.8 Å². The summed E-state index contributed by atoms with van der Waals surface area (Å²) in [6.45, 7) is 4.77. The van der Waals surface area contributed by atoms with Gasteiger partial charge < -0.3 is 10.2 Å². The van der Waals surface area contributed by atoms with E-state index in [-0.39, 0.29) is 0 Å². The quantitative estimate of drug-likeness (QED) is 0.796. The number of nitrogens with zero attached hydrogens (tertiary/aromatic N) is 1. The third-order valence-electron chi connectivity index (χ3n) is 3.30. The molecule has 1 aliphatic heterocycles. The summed E-state index contributed by atoms with van der Waals surface area (Å²) < 4.78 is 0. The van der Waals surface area contributed by atoms with Crippen molar-refractivity contribution in [1.82, 2.24) is 0 Å². The van der Waals surface area contributed by atoms with Gasteiger partial charge in [0.1, 0.15) is 0 Å². The molecule has 0 aliphatic carbocycles. The molecule has 1 saturated heterocycles. The predicted octanol–water partition coefficient (Wildman–Crippen LogP) is 2.96. The first kappa shape index (κ1) is 10.3. The average Bonchev–Trinajstić information content (AvgIpc) is 2.30. The molecule has 1 aromatic carbocycles. The van der Waals surface area contributed by atoms with Crippen molar-refractivity contribution in [2.45, 2.75) is 19.8 Å². The van der Waals surface area contributed by atoms with E-state index in [1.54, 1.807) is 0 Å². The molecular weight excluding hydrogens is 184 g/mol. The van der Waals surface area contributed by atoms with E-state index in [2.05, 4.69) is 41.4 Å². The largest absolute Gasteiger partial charge is 0.388 e. The van der Waals surface area contributed by atoms with Crippen LogP contribution in [0, 0.1) is 5.92 Å². The SMILES string of the molecule is CNc1ccc(N2CCC(C)CC2)cc1. The summed E-state index contributed by atoms with van der Waals surface area (Å²) >= 11 is 0. The first-order chi connectivity index (χ1) is 7.29. The maximum absolute atomic E-state index is 3.15. The van der Waals surface area contributed by atoms with Gasteiger partial charge in [0, 0.05) is 31.5 Å². The molecule has 1 aromatic rings. The Kier molecular flexibility index (Phi) is 3.14. The smallest absolute Gasteiger partial charge is 0.0367 e. The molecule has 0 aromatic heterocycles. The third-order valence-corrected chi connectivity index (χ3v) is 3.30. The van der Waals surface area contributed by atoms with E-state index in [1.165, 1.54) is 37.3 Å². The Morgan fingerprint density at radius 3 is 2.27 bits per heavy atom. The van der Waals surface area contributed by atoms with Crippen LogP contribution in [-0.4, -0.2) is 20.1 Å². The Balaban J connectivity index is 2.03. The van der Waals surface area contributed by atoms with Crippen LogP contribution < -0.4 is 10.2 Å². The van der Waals surface area contributed by atoms with Gasteiger partial charge in [0.05, 0.1) is 0 Å². The lowest BCUT2D eigenvalue weighted by Crippen LogP contribution is -2.32. The van der Waals surface area contributed by atoms with E-state index in [4.69, 9.17) is 0 Å². The molecule has 1 fully saturated rings. The van der Waals surface area contributed by atoms with Gasteiger partial charge in [0.15, 0.2) is 0 Å². The van der Waals surface area contributed by atoms with Gasteiger partial charge in [-0.1, -0.05) is 6.92 Å². The number of piperidine rings is 1. The highest BCUT2D eigenvalue weighted by molar-refractivity contribution is 5.55. The maximum atomic E-state index is 3.15. The summed E-state index contributed by atoms with van der Waals surface area (Å²) in [5.41, 5.74) is 2.55. The lowest BCUT2D eigenvalue weighted by Gasteiger charge is -2.32. The van der Waals surface area contributed by atoms with Gasteiger partial charge in [0.2, 0.25) is 0 Å². The molecule has 0 bridgehead atoms. The Morgan fingerprint density at radius 2 is 1.73 bits per heavy atom. The second kappa shape index (κ2) is 4.56. The molecule has 0 amide bonds. The lowest BCUT2D eigenvalue weighted by molar-refractivity contribution is 0.438. The number of benzene rings is 1. The Bertz CT molecular complexity index is 297. The van der Waals surface area contributed by atoms with Crippen molar-refractivity contribution in [2.75, 3.05) is 30.4 Å². The molecule has 0 atom stereocenters. The molecule has 15 heavy (non-hydrogen) atoms. The molecule has 1 heterocycles. The summed E-state index contributed by atoms with van der Waals surface area (Å²) in [6.07, 6.45) is 2.65. The Morgan fingerprint density at radius 1 is 1.13 bits per heavy atom. The molecule has 2 rings (SSSR count). The molecule has 1 aliphatic rings. The molecule has 0 saturated carbocycles. The van der Waals surface area contributed by atoms with E-state index in [0.717, 1.165) is 5.92 Å². The molecule has 82 valence electrons. The first-order valence-corrected chi connectivity index (χ1v) is 5.82. The minimum atomic E-state index is 0.901. The fourth-order valence-electron chi connectivity index (χ4n) is 2.11. The fourth-order valence-corrected chi connectivity index (χ4v) is 2.11. The van der Waals surface area contributed by atoms with E-state index in [0.29, 0.717) is 0 Å². The van der Waals surface area contributed by atoms with Gasteiger partial charge in [-0.05, 0) is 43.0 Å². The number of hydrogen-bond donors (Lipinski definition) is 1. The van der Waals surface area contributed by atoms with Crippen LogP contribution in [0.25, 0.3) is 0 Å². The Labute approximate surface area is 92.3 Å². The summed E-state index contributed by atoms with van der Waals surface area (Å²) in [7, 11) is 1.96. The number of anilines is 2. The summed E-state index contributed by atoms with van der Waals surface area (Å²) in [6, 6.07) is 8.71. The van der Waals surface area contributed by atoms with Crippen molar-refractivity contribution >= 4 is 11.4 Å². The van der Waals surface area contributed by atoms with Crippen molar-refractivity contribution in [3.63, 3.8) is 0 Å². The molecule has 0 unspecified atom stereocenters. The lowest BCUT2D eigenvalue weighted by atomic mass is 9.99. The first-order valence-electron chi connectivity index (χ1n) is 5.82. The summed E-state index contributed by atoms with van der Waals surface area (Å²) in [5, 5.41) is 3.15. The number of hydrogen-bond acceptors (Lipinski definition) is 2. The van der Waals surface area contributed by atoms with E-state index >= 15 is 0 Å². The zero-order valence-electron chi connectivity index (χ0n) is 9.66. The standard InChI is InChI=1S/C13H20N2/c1-11-7-9-15(10-8-11)13-5-3-12(14-2)4-6-13/h3-6,11,14H,7-10H2,1-2H3. The van der Waals surface area contributed by atoms with Gasteiger partial charge in [0.25, 0.3) is 0 Å². The third kappa shape index (κ3) is 2.44. The van der Waals surface area contributed by atoms with Crippen LogP contribution >= 0.6 is 0 Å². The average molecular weight is 204 g/mol. The van der Waals surface area contributed by atoms with Crippen LogP contribution in [-0.2, 0) is 0 Å². The normalized spacial score (nSPS) is 17.9. The highest BCUT2D eigenvalue weighted by Crippen LogP contribution is 2.23. The molecule has 1 N–H and O–H groups in total. The molecule has 2 heteroatoms. The highest BCUT2D eigenvalue weighted by Gasteiger charge is 2.15. The Hall–Kier alpha value is -1.18. The van der Waals surface area contributed by atoms with E-state index in [9.17, 15) is 0 Å². The monoisotopic (exact) mass is 204 g/mol. The highest BCUT2D eigenvalue weighted by atomic mass is 15.1. The molecule has 0 radical (unpaired) electrons. The van der Waals surface area contributed by atoms with Crippen LogP contribution in [0.3, 0.4) is 0 Å². The number of nitrogens with one attached hydrogen (secondary N) is 1. The minimum Gasteiger partial charge on any atom is -0.388 e. The minimum absolute atomic E-state index is 0.901. The van der Waals surface area contributed by atoms with Gasteiger partial charge in [-0.15, -0.1) is 0 Å². The number of rotatable bonds is 2. The zero-order chi connectivity index (χ0) is 10.7. The van der Waals surface area contributed by atoms with Crippen molar-refractivity contribution in [2.24, 2.45) is 5.92 Å². The molecular formula is C13H20N2. The second-order valence-corrected chi connectivity index (χ2v) is 4.47. The van der Waals surface area contributed by atoms with Crippen LogP contribution in [0.15, 0.2) is 24.3 Å². The van der Waals surface area contributed by atoms with Gasteiger partial charge in [-0.2, -0.15) is 0 Å². The second-order valence-electron chi connectivity index (χ2n) is 4.47. The van der Waals surface area contributed by atoms with Crippen LogP contribution in [0.5, 0.6) is 0 Å². The van der Waals surface area contributed by atoms with Crippen molar-refractivity contribution in [1.29, 1.82) is 0 Å². The van der Waals surface area contributed by atoms with E-state index in [1.807, 2.05) is 7.05 Å². The fraction of sp³-hybridized carbons (Fsp3) is 0.538. The van der Waals surface area contributed by atoms with Crippen molar-refractivity contribution in [3.05, 3.63) is 24.3 Å². The van der Waals surface area contributed by atoms with Gasteiger partial charge in [-0.3, -0.25) is 0 Å². The zero-order valence-corrected chi connectivity index (χ0v) is 9.66. The maximum Gasteiger partial charge on any atom is 0.0367 e. The van der Waals surface area contributed by atoms with Crippen molar-refractivity contribution < 1.29 is 0 Å². The van der Waals surface area contributed by atoms with Crippen LogP contribution in [0.2, 0.25) is 0 Å². The van der Waals surface area contributed by atoms with E-state index < -0.39 is 0 Å². The summed E-state index contributed by atoms with van der Waals surface area (Å²) in [5.74, 6) is 0.901. The van der Waals surface area contributed by atoms with Gasteiger partial charge in [-0.25, -0.2) is 0 Å². The topological polar surface area (TPSA) is 15.3 Å². The molecule has 2 nitrogen and oxygen atoms in total. The predicted molar refractivity (Wildman–Crippen MR) is 66.6 cm³/mol. The molecule has 0 spiro atoms. The van der Waals surface area contributed by atoms with Crippen molar-refractivity contribution in [3.8, 4) is 0 Å². The van der Waals surface area contributed by atoms with Crippen LogP contribution in [0.4, 0.5) is 11.4 Å². The summed E-state index contributed by atoms with van der Waals surface area (Å²) in [4.78, 5) is 2.49.